The second kappa shape index (κ2) is 5.09. The Hall–Kier alpha value is -1.14. The maximum atomic E-state index is 11.2. The number of nitrogens with two attached hydrogens (primary N) is 1. The van der Waals surface area contributed by atoms with Crippen LogP contribution in [0.2, 0.25) is 0 Å². The highest BCUT2D eigenvalue weighted by molar-refractivity contribution is 9.10. The largest absolute Gasteiger partial charge is 0.481 e. The van der Waals surface area contributed by atoms with Gasteiger partial charge in [0.15, 0.2) is 0 Å². The average Bonchev–Trinajstić information content (AvgIpc) is 2.27. The summed E-state index contributed by atoms with van der Waals surface area (Å²) in [5.41, 5.74) is 6.16. The van der Waals surface area contributed by atoms with Crippen LogP contribution >= 0.6 is 15.9 Å². The summed E-state index contributed by atoms with van der Waals surface area (Å²) < 4.78 is 10.3. The molecule has 0 bridgehead atoms. The number of hydrogen-bond acceptors (Lipinski definition) is 5. The third-order valence-electron chi connectivity index (χ3n) is 1.83. The summed E-state index contributed by atoms with van der Waals surface area (Å²) in [7, 11) is 2.74. The van der Waals surface area contributed by atoms with E-state index in [-0.39, 0.29) is 0 Å². The van der Waals surface area contributed by atoms with Gasteiger partial charge >= 0.3 is 5.97 Å². The van der Waals surface area contributed by atoms with Crippen LogP contribution in [-0.2, 0) is 9.53 Å². The molecule has 0 aromatic carbocycles. The Kier molecular flexibility index (Phi) is 4.05. The highest BCUT2D eigenvalue weighted by Gasteiger charge is 2.21. The van der Waals surface area contributed by atoms with Gasteiger partial charge in [0, 0.05) is 16.2 Å². The Morgan fingerprint density at radius 1 is 1.60 bits per heavy atom. The fraction of sp³-hybridized carbons (Fsp3) is 0.333. The maximum Gasteiger partial charge on any atom is 0.327 e. The zero-order valence-corrected chi connectivity index (χ0v) is 9.95. The van der Waals surface area contributed by atoms with E-state index >= 15 is 0 Å². The number of carbonyl (C=O) groups is 1. The molecule has 0 amide bonds. The minimum Gasteiger partial charge on any atom is -0.481 e. The van der Waals surface area contributed by atoms with Crippen LogP contribution in [0.4, 0.5) is 0 Å². The van der Waals surface area contributed by atoms with E-state index in [2.05, 4.69) is 25.7 Å². The van der Waals surface area contributed by atoms with E-state index in [1.165, 1.54) is 14.2 Å². The lowest BCUT2D eigenvalue weighted by Crippen LogP contribution is -2.23. The van der Waals surface area contributed by atoms with E-state index < -0.39 is 12.0 Å². The lowest BCUT2D eigenvalue weighted by Gasteiger charge is -2.12. The standard InChI is InChI=1S/C9H11BrN2O3/c1-14-8-6(3-5(10)4-12-8)7(11)9(13)15-2/h3-4,7H,11H2,1-2H3. The Bertz CT molecular complexity index is 370. The second-order valence-electron chi connectivity index (χ2n) is 2.75. The Labute approximate surface area is 95.7 Å². The van der Waals surface area contributed by atoms with Gasteiger partial charge in [-0.1, -0.05) is 0 Å². The topological polar surface area (TPSA) is 74.4 Å². The molecule has 0 fully saturated rings. The van der Waals surface area contributed by atoms with Crippen molar-refractivity contribution in [3.63, 3.8) is 0 Å². The van der Waals surface area contributed by atoms with Gasteiger partial charge in [0.05, 0.1) is 14.2 Å². The zero-order valence-electron chi connectivity index (χ0n) is 8.36. The molecule has 6 heteroatoms. The van der Waals surface area contributed by atoms with Crippen molar-refractivity contribution in [2.75, 3.05) is 14.2 Å². The molecule has 0 radical (unpaired) electrons. The molecule has 0 aliphatic rings. The normalized spacial score (nSPS) is 12.0. The summed E-state index contributed by atoms with van der Waals surface area (Å²) in [5, 5.41) is 0. The first-order valence-corrected chi connectivity index (χ1v) is 4.92. The molecule has 15 heavy (non-hydrogen) atoms. The van der Waals surface area contributed by atoms with Crippen molar-refractivity contribution < 1.29 is 14.3 Å². The minimum atomic E-state index is -0.894. The third-order valence-corrected chi connectivity index (χ3v) is 2.26. The van der Waals surface area contributed by atoms with Crippen molar-refractivity contribution in [2.24, 2.45) is 5.73 Å². The molecule has 5 nitrogen and oxygen atoms in total. The number of pyridine rings is 1. The van der Waals surface area contributed by atoms with Gasteiger partial charge in [-0.3, -0.25) is 4.79 Å². The molecule has 0 aliphatic heterocycles. The summed E-state index contributed by atoms with van der Waals surface area (Å²) in [6.45, 7) is 0. The zero-order chi connectivity index (χ0) is 11.4. The van der Waals surface area contributed by atoms with Crippen LogP contribution in [0.5, 0.6) is 5.88 Å². The number of rotatable bonds is 3. The highest BCUT2D eigenvalue weighted by atomic mass is 79.9. The highest BCUT2D eigenvalue weighted by Crippen LogP contribution is 2.25. The van der Waals surface area contributed by atoms with Gasteiger partial charge in [0.1, 0.15) is 6.04 Å². The molecular formula is C9H11BrN2O3. The smallest absolute Gasteiger partial charge is 0.327 e. The predicted molar refractivity (Wildman–Crippen MR) is 57.4 cm³/mol. The van der Waals surface area contributed by atoms with Gasteiger partial charge < -0.3 is 15.2 Å². The molecule has 0 spiro atoms. The summed E-state index contributed by atoms with van der Waals surface area (Å²) >= 11 is 3.24. The SMILES string of the molecule is COC(=O)C(N)c1cc(Br)cnc1OC. The van der Waals surface area contributed by atoms with Crippen LogP contribution in [0.15, 0.2) is 16.7 Å². The molecule has 0 saturated heterocycles. The summed E-state index contributed by atoms with van der Waals surface area (Å²) in [5.74, 6) is -0.218. The van der Waals surface area contributed by atoms with E-state index in [1.807, 2.05) is 0 Å². The molecule has 1 unspecified atom stereocenters. The van der Waals surface area contributed by atoms with Crippen LogP contribution in [0.25, 0.3) is 0 Å². The van der Waals surface area contributed by atoms with Crippen molar-refractivity contribution >= 4 is 21.9 Å². The molecule has 1 atom stereocenters. The van der Waals surface area contributed by atoms with Crippen LogP contribution < -0.4 is 10.5 Å². The van der Waals surface area contributed by atoms with Gasteiger partial charge in [0.2, 0.25) is 5.88 Å². The Balaban J connectivity index is 3.10. The predicted octanol–water partition coefficient (Wildman–Crippen LogP) is 1.03. The van der Waals surface area contributed by atoms with Crippen LogP contribution in [0, 0.1) is 0 Å². The van der Waals surface area contributed by atoms with E-state index in [0.717, 1.165) is 4.47 Å². The van der Waals surface area contributed by atoms with Gasteiger partial charge in [-0.25, -0.2) is 4.98 Å². The molecular weight excluding hydrogens is 264 g/mol. The summed E-state index contributed by atoms with van der Waals surface area (Å²) in [6.07, 6.45) is 1.56. The van der Waals surface area contributed by atoms with Crippen LogP contribution in [0.1, 0.15) is 11.6 Å². The first kappa shape index (κ1) is 11.9. The second-order valence-corrected chi connectivity index (χ2v) is 3.67. The Morgan fingerprint density at radius 2 is 2.27 bits per heavy atom. The van der Waals surface area contributed by atoms with E-state index in [1.54, 1.807) is 12.3 Å². The van der Waals surface area contributed by atoms with Crippen molar-refractivity contribution in [1.82, 2.24) is 4.98 Å². The molecule has 1 aromatic heterocycles. The quantitative estimate of drug-likeness (QED) is 0.834. The molecule has 2 N–H and O–H groups in total. The van der Waals surface area contributed by atoms with Crippen molar-refractivity contribution in [1.29, 1.82) is 0 Å². The minimum absolute atomic E-state index is 0.316. The van der Waals surface area contributed by atoms with Gasteiger partial charge in [-0.15, -0.1) is 0 Å². The van der Waals surface area contributed by atoms with Crippen molar-refractivity contribution in [2.45, 2.75) is 6.04 Å². The van der Waals surface area contributed by atoms with Crippen molar-refractivity contribution in [3.05, 3.63) is 22.3 Å². The van der Waals surface area contributed by atoms with E-state index in [0.29, 0.717) is 11.4 Å². The molecule has 1 aromatic rings. The van der Waals surface area contributed by atoms with Crippen LogP contribution in [-0.4, -0.2) is 25.2 Å². The number of aromatic nitrogens is 1. The molecule has 0 aliphatic carbocycles. The number of hydrogen-bond donors (Lipinski definition) is 1. The number of carbonyl (C=O) groups excluding carboxylic acids is 1. The van der Waals surface area contributed by atoms with E-state index in [4.69, 9.17) is 10.5 Å². The van der Waals surface area contributed by atoms with E-state index in [9.17, 15) is 4.79 Å². The summed E-state index contributed by atoms with van der Waals surface area (Å²) in [4.78, 5) is 15.2. The molecule has 0 saturated carbocycles. The lowest BCUT2D eigenvalue weighted by atomic mass is 10.1. The summed E-state index contributed by atoms with van der Waals surface area (Å²) in [6, 6.07) is 0.780. The third kappa shape index (κ3) is 2.66. The lowest BCUT2D eigenvalue weighted by molar-refractivity contribution is -0.142. The maximum absolute atomic E-state index is 11.2. The molecule has 1 heterocycles. The van der Waals surface area contributed by atoms with Gasteiger partial charge in [0.25, 0.3) is 0 Å². The number of ether oxygens (including phenoxy) is 2. The first-order valence-electron chi connectivity index (χ1n) is 4.13. The first-order chi connectivity index (χ1) is 7.10. The fourth-order valence-corrected chi connectivity index (χ4v) is 1.44. The van der Waals surface area contributed by atoms with Gasteiger partial charge in [-0.2, -0.15) is 0 Å². The number of halogens is 1. The molecule has 82 valence electrons. The van der Waals surface area contributed by atoms with Crippen molar-refractivity contribution in [3.8, 4) is 5.88 Å². The van der Waals surface area contributed by atoms with Gasteiger partial charge in [-0.05, 0) is 22.0 Å². The Morgan fingerprint density at radius 3 is 2.80 bits per heavy atom. The fourth-order valence-electron chi connectivity index (χ4n) is 1.09. The van der Waals surface area contributed by atoms with Crippen LogP contribution in [0.3, 0.4) is 0 Å². The average molecular weight is 275 g/mol. The number of esters is 1. The number of nitrogens with zero attached hydrogens (tertiary/aromatic N) is 1. The number of methoxy groups -OCH3 is 2. The molecule has 1 rings (SSSR count). The monoisotopic (exact) mass is 274 g/mol.